The van der Waals surface area contributed by atoms with Gasteiger partial charge in [-0.15, -0.1) is 0 Å². The van der Waals surface area contributed by atoms with Crippen molar-refractivity contribution in [3.63, 3.8) is 0 Å². The maximum absolute atomic E-state index is 10.6. The molecule has 0 unspecified atom stereocenters. The number of hydrogen-bond acceptors (Lipinski definition) is 3. The van der Waals surface area contributed by atoms with Crippen molar-refractivity contribution < 1.29 is 14.4 Å². The number of carbonyl (C=O) groups excluding carboxylic acids is 2. The van der Waals surface area contributed by atoms with E-state index in [4.69, 9.17) is 0 Å². The van der Waals surface area contributed by atoms with Gasteiger partial charge in [0.05, 0.1) is 0 Å². The fourth-order valence-corrected chi connectivity index (χ4v) is 0.676. The monoisotopic (exact) mass is 141 g/mol. The van der Waals surface area contributed by atoms with Gasteiger partial charge in [0.15, 0.2) is 0 Å². The first-order valence-electron chi connectivity index (χ1n) is 2.97. The summed E-state index contributed by atoms with van der Waals surface area (Å²) in [5, 5.41) is 0. The average molecular weight is 141 g/mol. The largest absolute Gasteiger partial charge is 0.368 e. The number of rotatable bonds is 1. The maximum Gasteiger partial charge on any atom is 0.368 e. The van der Waals surface area contributed by atoms with Crippen LogP contribution in [-0.2, 0) is 14.4 Å². The van der Waals surface area contributed by atoms with Gasteiger partial charge in [-0.2, -0.15) is 5.48 Å². The van der Waals surface area contributed by atoms with Crippen LogP contribution in [0.3, 0.4) is 0 Å². The lowest BCUT2D eigenvalue weighted by Gasteiger charge is -1.82. The maximum atomic E-state index is 10.6. The smallest absolute Gasteiger partial charge is 0.335 e. The molecule has 0 atom stereocenters. The Bertz CT molecular complexity index is 189. The van der Waals surface area contributed by atoms with E-state index in [0.717, 1.165) is 0 Å². The van der Waals surface area contributed by atoms with Crippen LogP contribution in [0.1, 0.15) is 13.3 Å². The molecular formula is C6H7NO3. The quantitative estimate of drug-likeness (QED) is 0.410. The zero-order valence-corrected chi connectivity index (χ0v) is 5.51. The Hall–Kier alpha value is -1.32. The Morgan fingerprint density at radius 1 is 1.60 bits per heavy atom. The standard InChI is InChI=1S/C6H7NO3/c1-2-3-4-5(8)7-10-6(4)9/h3H,2H2,1H3,(H,7,8)/b4-3-. The van der Waals surface area contributed by atoms with E-state index in [1.165, 1.54) is 6.08 Å². The zero-order chi connectivity index (χ0) is 7.56. The highest BCUT2D eigenvalue weighted by Gasteiger charge is 2.27. The molecule has 1 N–H and O–H groups in total. The molecule has 0 aromatic rings. The first kappa shape index (κ1) is 6.80. The van der Waals surface area contributed by atoms with Crippen molar-refractivity contribution in [2.45, 2.75) is 13.3 Å². The molecule has 4 nitrogen and oxygen atoms in total. The molecule has 1 amide bonds. The third kappa shape index (κ3) is 1.00. The number of hydroxylamine groups is 1. The summed E-state index contributed by atoms with van der Waals surface area (Å²) in [6, 6.07) is 0. The number of carbonyl (C=O) groups is 2. The summed E-state index contributed by atoms with van der Waals surface area (Å²) < 4.78 is 0. The first-order chi connectivity index (χ1) is 4.75. The molecule has 0 aliphatic carbocycles. The molecule has 1 heterocycles. The lowest BCUT2D eigenvalue weighted by atomic mass is 10.2. The van der Waals surface area contributed by atoms with Crippen molar-refractivity contribution in [3.8, 4) is 0 Å². The molecule has 1 saturated heterocycles. The van der Waals surface area contributed by atoms with E-state index in [0.29, 0.717) is 6.42 Å². The van der Waals surface area contributed by atoms with E-state index >= 15 is 0 Å². The Morgan fingerprint density at radius 2 is 2.30 bits per heavy atom. The molecule has 10 heavy (non-hydrogen) atoms. The first-order valence-corrected chi connectivity index (χ1v) is 2.97. The fourth-order valence-electron chi connectivity index (χ4n) is 0.676. The minimum Gasteiger partial charge on any atom is -0.335 e. The molecule has 0 spiro atoms. The van der Waals surface area contributed by atoms with E-state index in [2.05, 4.69) is 4.84 Å². The number of nitrogens with one attached hydrogen (secondary N) is 1. The summed E-state index contributed by atoms with van der Waals surface area (Å²) in [6.07, 6.45) is 2.18. The molecule has 1 aliphatic rings. The van der Waals surface area contributed by atoms with Gasteiger partial charge in [0, 0.05) is 0 Å². The average Bonchev–Trinajstić information content (AvgIpc) is 2.20. The molecule has 1 rings (SSSR count). The van der Waals surface area contributed by atoms with Crippen molar-refractivity contribution in [1.82, 2.24) is 5.48 Å². The molecule has 0 aromatic heterocycles. The van der Waals surface area contributed by atoms with Crippen LogP contribution in [0.5, 0.6) is 0 Å². The van der Waals surface area contributed by atoms with Crippen molar-refractivity contribution >= 4 is 11.9 Å². The topological polar surface area (TPSA) is 55.4 Å². The molecule has 0 bridgehead atoms. The summed E-state index contributed by atoms with van der Waals surface area (Å²) >= 11 is 0. The Morgan fingerprint density at radius 3 is 2.70 bits per heavy atom. The molecule has 1 aliphatic heterocycles. The highest BCUT2D eigenvalue weighted by molar-refractivity contribution is 6.19. The summed E-state index contributed by atoms with van der Waals surface area (Å²) in [5.41, 5.74) is 2.05. The summed E-state index contributed by atoms with van der Waals surface area (Å²) in [7, 11) is 0. The van der Waals surface area contributed by atoms with Gasteiger partial charge in [-0.25, -0.2) is 4.79 Å². The van der Waals surface area contributed by atoms with Crippen molar-refractivity contribution in [3.05, 3.63) is 11.6 Å². The fraction of sp³-hybridized carbons (Fsp3) is 0.333. The van der Waals surface area contributed by atoms with Crippen molar-refractivity contribution in [2.24, 2.45) is 0 Å². The van der Waals surface area contributed by atoms with Crippen LogP contribution in [-0.4, -0.2) is 11.9 Å². The van der Waals surface area contributed by atoms with Gasteiger partial charge < -0.3 is 4.84 Å². The van der Waals surface area contributed by atoms with E-state index in [-0.39, 0.29) is 5.57 Å². The third-order valence-corrected chi connectivity index (χ3v) is 1.11. The number of allylic oxidation sites excluding steroid dienone is 1. The highest BCUT2D eigenvalue weighted by Crippen LogP contribution is 2.05. The van der Waals surface area contributed by atoms with Gasteiger partial charge in [-0.05, 0) is 6.42 Å². The third-order valence-electron chi connectivity index (χ3n) is 1.11. The predicted octanol–water partition coefficient (Wildman–Crippen LogP) is -0.0892. The normalized spacial score (nSPS) is 21.1. The van der Waals surface area contributed by atoms with Crippen LogP contribution in [0, 0.1) is 0 Å². The second kappa shape index (κ2) is 2.51. The second-order valence-electron chi connectivity index (χ2n) is 1.85. The molecule has 1 fully saturated rings. The van der Waals surface area contributed by atoms with Crippen LogP contribution in [0.25, 0.3) is 0 Å². The van der Waals surface area contributed by atoms with Crippen LogP contribution in [0.2, 0.25) is 0 Å². The molecule has 54 valence electrons. The lowest BCUT2D eigenvalue weighted by molar-refractivity contribution is -0.143. The van der Waals surface area contributed by atoms with E-state index < -0.39 is 11.9 Å². The van der Waals surface area contributed by atoms with Crippen LogP contribution < -0.4 is 5.48 Å². The Balaban J connectivity index is 2.82. The summed E-state index contributed by atoms with van der Waals surface area (Å²) in [4.78, 5) is 25.5. The van der Waals surface area contributed by atoms with Crippen LogP contribution >= 0.6 is 0 Å². The highest BCUT2D eigenvalue weighted by atomic mass is 16.7. The Kier molecular flexibility index (Phi) is 1.71. The number of amides is 1. The molecule has 4 heteroatoms. The second-order valence-corrected chi connectivity index (χ2v) is 1.85. The molecule has 0 saturated carbocycles. The minimum absolute atomic E-state index is 0.0995. The van der Waals surface area contributed by atoms with Gasteiger partial charge >= 0.3 is 5.97 Å². The molecular weight excluding hydrogens is 134 g/mol. The summed E-state index contributed by atoms with van der Waals surface area (Å²) in [6.45, 7) is 1.84. The summed E-state index contributed by atoms with van der Waals surface area (Å²) in [5.74, 6) is -1.04. The van der Waals surface area contributed by atoms with Gasteiger partial charge in [-0.3, -0.25) is 4.79 Å². The number of hydrogen-bond donors (Lipinski definition) is 1. The van der Waals surface area contributed by atoms with Gasteiger partial charge in [0.25, 0.3) is 5.91 Å². The van der Waals surface area contributed by atoms with E-state index in [1.807, 2.05) is 12.4 Å². The van der Waals surface area contributed by atoms with Crippen LogP contribution in [0.4, 0.5) is 0 Å². The van der Waals surface area contributed by atoms with Crippen molar-refractivity contribution in [1.29, 1.82) is 0 Å². The van der Waals surface area contributed by atoms with Gasteiger partial charge in [0.2, 0.25) is 0 Å². The Labute approximate surface area is 57.8 Å². The van der Waals surface area contributed by atoms with Crippen molar-refractivity contribution in [2.75, 3.05) is 0 Å². The SMILES string of the molecule is CC/C=C1/C(=O)NOC1=O. The minimum atomic E-state index is -0.591. The van der Waals surface area contributed by atoms with E-state index in [1.54, 1.807) is 0 Å². The van der Waals surface area contributed by atoms with Crippen LogP contribution in [0.15, 0.2) is 11.6 Å². The van der Waals surface area contributed by atoms with E-state index in [9.17, 15) is 9.59 Å². The molecule has 0 aromatic carbocycles. The zero-order valence-electron chi connectivity index (χ0n) is 5.51. The van der Waals surface area contributed by atoms with Gasteiger partial charge in [-0.1, -0.05) is 13.0 Å². The lowest BCUT2D eigenvalue weighted by Crippen LogP contribution is -2.12. The molecule has 0 radical (unpaired) electrons. The predicted molar refractivity (Wildman–Crippen MR) is 32.6 cm³/mol. The van der Waals surface area contributed by atoms with Gasteiger partial charge in [0.1, 0.15) is 5.57 Å².